The molecule has 0 bridgehead atoms. The molecule has 2 heterocycles. The van der Waals surface area contributed by atoms with Gasteiger partial charge in [-0.25, -0.2) is 8.78 Å². The third-order valence-electron chi connectivity index (χ3n) is 3.92. The van der Waals surface area contributed by atoms with Crippen LogP contribution in [0.15, 0.2) is 42.7 Å². The summed E-state index contributed by atoms with van der Waals surface area (Å²) in [4.78, 5) is 16.3. The Balaban J connectivity index is 2.01. The molecule has 0 atom stereocenters. The number of aromatic nitrogens is 3. The predicted molar refractivity (Wildman–Crippen MR) is 87.8 cm³/mol. The van der Waals surface area contributed by atoms with E-state index in [2.05, 4.69) is 10.1 Å². The SMILES string of the molecule is CC(C)C(=O)Cn1ncc2ncc(-c3cccc(C(F)F)c3)cc21. The summed E-state index contributed by atoms with van der Waals surface area (Å²) in [6.07, 6.45) is 0.710. The molecule has 3 aromatic rings. The summed E-state index contributed by atoms with van der Waals surface area (Å²) >= 11 is 0. The zero-order chi connectivity index (χ0) is 17.3. The molecule has 0 aliphatic carbocycles. The highest BCUT2D eigenvalue weighted by atomic mass is 19.3. The van der Waals surface area contributed by atoms with Crippen LogP contribution in [0.25, 0.3) is 22.2 Å². The molecule has 0 unspecified atom stereocenters. The number of benzene rings is 1. The molecule has 24 heavy (non-hydrogen) atoms. The number of pyridine rings is 1. The average molecular weight is 329 g/mol. The minimum absolute atomic E-state index is 0.0314. The molecule has 0 amide bonds. The van der Waals surface area contributed by atoms with Crippen molar-refractivity contribution in [2.45, 2.75) is 26.8 Å². The van der Waals surface area contributed by atoms with Crippen LogP contribution in [0.2, 0.25) is 0 Å². The average Bonchev–Trinajstić information content (AvgIpc) is 2.97. The summed E-state index contributed by atoms with van der Waals surface area (Å²) in [6, 6.07) is 8.03. The number of nitrogens with zero attached hydrogens (tertiary/aromatic N) is 3. The van der Waals surface area contributed by atoms with Gasteiger partial charge in [0.2, 0.25) is 0 Å². The van der Waals surface area contributed by atoms with Gasteiger partial charge < -0.3 is 0 Å². The summed E-state index contributed by atoms with van der Waals surface area (Å²) in [6.45, 7) is 3.85. The Morgan fingerprint density at radius 2 is 1.96 bits per heavy atom. The third-order valence-corrected chi connectivity index (χ3v) is 3.92. The minimum Gasteiger partial charge on any atom is -0.297 e. The van der Waals surface area contributed by atoms with Crippen molar-refractivity contribution in [3.05, 3.63) is 48.3 Å². The maximum absolute atomic E-state index is 12.9. The normalized spacial score (nSPS) is 11.6. The summed E-state index contributed by atoms with van der Waals surface area (Å²) in [5.74, 6) is -0.00628. The zero-order valence-corrected chi connectivity index (χ0v) is 13.4. The monoisotopic (exact) mass is 329 g/mol. The quantitative estimate of drug-likeness (QED) is 0.702. The fourth-order valence-electron chi connectivity index (χ4n) is 2.42. The van der Waals surface area contributed by atoms with Gasteiger partial charge in [-0.1, -0.05) is 32.0 Å². The van der Waals surface area contributed by atoms with Crippen LogP contribution in [0, 0.1) is 5.92 Å². The number of fused-ring (bicyclic) bond motifs is 1. The number of hydrogen-bond acceptors (Lipinski definition) is 3. The molecular weight excluding hydrogens is 312 g/mol. The molecule has 0 saturated heterocycles. The molecule has 0 fully saturated rings. The smallest absolute Gasteiger partial charge is 0.263 e. The van der Waals surface area contributed by atoms with Crippen LogP contribution in [0.3, 0.4) is 0 Å². The molecule has 0 saturated carbocycles. The van der Waals surface area contributed by atoms with Crippen LogP contribution >= 0.6 is 0 Å². The van der Waals surface area contributed by atoms with Crippen molar-refractivity contribution < 1.29 is 13.6 Å². The van der Waals surface area contributed by atoms with E-state index >= 15 is 0 Å². The number of carbonyl (C=O) groups is 1. The van der Waals surface area contributed by atoms with Crippen LogP contribution < -0.4 is 0 Å². The van der Waals surface area contributed by atoms with Gasteiger partial charge in [0.1, 0.15) is 12.1 Å². The van der Waals surface area contributed by atoms with E-state index < -0.39 is 6.43 Å². The lowest BCUT2D eigenvalue weighted by Crippen LogP contribution is -2.16. The second kappa shape index (κ2) is 6.47. The van der Waals surface area contributed by atoms with Gasteiger partial charge in [-0.15, -0.1) is 0 Å². The lowest BCUT2D eigenvalue weighted by molar-refractivity contribution is -0.122. The Labute approximate surface area is 138 Å². The summed E-state index contributed by atoms with van der Waals surface area (Å²) in [5.41, 5.74) is 2.72. The first-order valence-electron chi connectivity index (χ1n) is 7.68. The number of alkyl halides is 2. The highest BCUT2D eigenvalue weighted by molar-refractivity contribution is 5.84. The second-order valence-electron chi connectivity index (χ2n) is 5.98. The topological polar surface area (TPSA) is 47.8 Å². The first kappa shape index (κ1) is 16.2. The number of carbonyl (C=O) groups excluding carboxylic acids is 1. The fourth-order valence-corrected chi connectivity index (χ4v) is 2.42. The zero-order valence-electron chi connectivity index (χ0n) is 13.4. The van der Waals surface area contributed by atoms with Crippen molar-refractivity contribution in [3.63, 3.8) is 0 Å². The first-order chi connectivity index (χ1) is 11.5. The van der Waals surface area contributed by atoms with E-state index in [1.807, 2.05) is 19.9 Å². The van der Waals surface area contributed by atoms with Crippen molar-refractivity contribution in [1.29, 1.82) is 0 Å². The Morgan fingerprint density at radius 3 is 2.67 bits per heavy atom. The summed E-state index contributed by atoms with van der Waals surface area (Å²) in [5, 5.41) is 4.21. The first-order valence-corrected chi connectivity index (χ1v) is 7.68. The van der Waals surface area contributed by atoms with E-state index in [0.29, 0.717) is 22.2 Å². The lowest BCUT2D eigenvalue weighted by atomic mass is 10.0. The van der Waals surface area contributed by atoms with E-state index in [1.165, 1.54) is 12.1 Å². The van der Waals surface area contributed by atoms with Crippen molar-refractivity contribution >= 4 is 16.8 Å². The molecule has 0 spiro atoms. The Kier molecular flexibility index (Phi) is 4.38. The molecule has 0 aliphatic heterocycles. The van der Waals surface area contributed by atoms with Crippen molar-refractivity contribution in [2.24, 2.45) is 5.92 Å². The fraction of sp³-hybridized carbons (Fsp3) is 0.278. The Morgan fingerprint density at radius 1 is 1.17 bits per heavy atom. The Hall–Kier alpha value is -2.63. The predicted octanol–water partition coefficient (Wildman–Crippen LogP) is 4.26. The van der Waals surface area contributed by atoms with E-state index in [1.54, 1.807) is 29.2 Å². The van der Waals surface area contributed by atoms with Gasteiger partial charge >= 0.3 is 0 Å². The number of Topliss-reactive ketones (excluding diaryl/α,β-unsaturated/α-hetero) is 1. The molecule has 0 radical (unpaired) electrons. The highest BCUT2D eigenvalue weighted by Crippen LogP contribution is 2.27. The van der Waals surface area contributed by atoms with E-state index in [0.717, 1.165) is 0 Å². The van der Waals surface area contributed by atoms with Gasteiger partial charge in [0, 0.05) is 23.2 Å². The van der Waals surface area contributed by atoms with Crippen LogP contribution in [-0.4, -0.2) is 20.5 Å². The molecule has 4 nitrogen and oxygen atoms in total. The van der Waals surface area contributed by atoms with Crippen molar-refractivity contribution in [2.75, 3.05) is 0 Å². The van der Waals surface area contributed by atoms with Crippen LogP contribution in [-0.2, 0) is 11.3 Å². The maximum atomic E-state index is 12.9. The molecule has 0 N–H and O–H groups in total. The van der Waals surface area contributed by atoms with E-state index in [4.69, 9.17) is 0 Å². The van der Waals surface area contributed by atoms with Gasteiger partial charge in [0.05, 0.1) is 11.7 Å². The van der Waals surface area contributed by atoms with Crippen molar-refractivity contribution in [3.8, 4) is 11.1 Å². The Bertz CT molecular complexity index is 887. The van der Waals surface area contributed by atoms with E-state index in [9.17, 15) is 13.6 Å². The van der Waals surface area contributed by atoms with Gasteiger partial charge in [-0.05, 0) is 17.7 Å². The lowest BCUT2D eigenvalue weighted by Gasteiger charge is -2.08. The maximum Gasteiger partial charge on any atom is 0.263 e. The van der Waals surface area contributed by atoms with Gasteiger partial charge in [-0.2, -0.15) is 5.10 Å². The molecule has 124 valence electrons. The molecule has 6 heteroatoms. The standard InChI is InChI=1S/C18H17F2N3O/c1-11(2)17(24)10-23-16-7-14(8-21-15(16)9-22-23)12-4-3-5-13(6-12)18(19)20/h3-9,11,18H,10H2,1-2H3. The van der Waals surface area contributed by atoms with Gasteiger partial charge in [0.15, 0.2) is 5.78 Å². The summed E-state index contributed by atoms with van der Waals surface area (Å²) < 4.78 is 27.4. The molecule has 0 aliphatic rings. The number of halogens is 2. The third kappa shape index (κ3) is 3.18. The van der Waals surface area contributed by atoms with Gasteiger partial charge in [0.25, 0.3) is 6.43 Å². The largest absolute Gasteiger partial charge is 0.297 e. The van der Waals surface area contributed by atoms with Gasteiger partial charge in [-0.3, -0.25) is 14.5 Å². The highest BCUT2D eigenvalue weighted by Gasteiger charge is 2.13. The van der Waals surface area contributed by atoms with Crippen LogP contribution in [0.5, 0.6) is 0 Å². The number of hydrogen-bond donors (Lipinski definition) is 0. The molecular formula is C18H17F2N3O. The van der Waals surface area contributed by atoms with Crippen molar-refractivity contribution in [1.82, 2.24) is 14.8 Å². The molecule has 1 aromatic carbocycles. The van der Waals surface area contributed by atoms with E-state index in [-0.39, 0.29) is 23.8 Å². The minimum atomic E-state index is -2.52. The number of ketones is 1. The molecule has 2 aromatic heterocycles. The second-order valence-corrected chi connectivity index (χ2v) is 5.98. The summed E-state index contributed by atoms with van der Waals surface area (Å²) in [7, 11) is 0. The number of rotatable bonds is 5. The van der Waals surface area contributed by atoms with Crippen LogP contribution in [0.4, 0.5) is 8.78 Å². The van der Waals surface area contributed by atoms with Crippen LogP contribution in [0.1, 0.15) is 25.8 Å². The molecule has 3 rings (SSSR count).